The zero-order valence-corrected chi connectivity index (χ0v) is 22.2. The molecule has 0 saturated carbocycles. The Morgan fingerprint density at radius 2 is 1.95 bits per heavy atom. The van der Waals surface area contributed by atoms with Crippen LogP contribution in [0.2, 0.25) is 0 Å². The lowest BCUT2D eigenvalue weighted by Crippen LogP contribution is -2.46. The molecule has 3 fully saturated rings. The molecule has 1 aromatic rings. The molecule has 4 rings (SSSR count). The summed E-state index contributed by atoms with van der Waals surface area (Å²) >= 11 is 0. The molecule has 10 nitrogen and oxygen atoms in total. The molecule has 1 N–H and O–H groups in total. The van der Waals surface area contributed by atoms with Gasteiger partial charge in [-0.3, -0.25) is 9.63 Å². The Labute approximate surface area is 218 Å². The fraction of sp³-hybridized carbons (Fsp3) is 0.667. The number of ketones is 1. The fourth-order valence-corrected chi connectivity index (χ4v) is 4.87. The van der Waals surface area contributed by atoms with E-state index in [1.54, 1.807) is 9.96 Å². The van der Waals surface area contributed by atoms with Crippen LogP contribution in [0.3, 0.4) is 0 Å². The number of unbranched alkanes of at least 4 members (excludes halogenated alkanes) is 1. The summed E-state index contributed by atoms with van der Waals surface area (Å²) in [5.41, 5.74) is 0.578. The lowest BCUT2D eigenvalue weighted by atomic mass is 9.90. The second kappa shape index (κ2) is 11.8. The minimum atomic E-state index is -0.724. The van der Waals surface area contributed by atoms with Crippen LogP contribution in [0.25, 0.3) is 0 Å². The summed E-state index contributed by atoms with van der Waals surface area (Å²) in [6.45, 7) is 9.52. The number of nitrogens with one attached hydrogen (secondary N) is 1. The molecular weight excluding hydrogens is 478 g/mol. The average molecular weight is 518 g/mol. The van der Waals surface area contributed by atoms with Crippen LogP contribution in [0.15, 0.2) is 30.3 Å². The van der Waals surface area contributed by atoms with Gasteiger partial charge in [-0.2, -0.15) is 0 Å². The first-order chi connectivity index (χ1) is 17.7. The van der Waals surface area contributed by atoms with Crippen LogP contribution in [-0.2, 0) is 23.8 Å². The number of amides is 2. The van der Waals surface area contributed by atoms with Crippen LogP contribution < -0.4 is 5.32 Å². The van der Waals surface area contributed by atoms with Gasteiger partial charge in [0.2, 0.25) is 12.0 Å². The van der Waals surface area contributed by atoms with Crippen LogP contribution in [0.4, 0.5) is 9.59 Å². The summed E-state index contributed by atoms with van der Waals surface area (Å²) in [4.78, 5) is 46.0. The number of carbonyl (C=O) groups is 3. The SMILES string of the molecule is CCCCC(NC(=O)O[C@@H]1CN(C(=O)O[C@@H]2CCOC2)CC1(C)C)C(=O)C1ON1[C@H](C)c1ccccc1. The standard InChI is InChI=1S/C27H39N3O7/c1-5-6-12-21(23(31)24-30(37-24)18(2)19-10-8-7-9-11-19)28-25(32)36-22-15-29(17-27(22,3)4)26(33)35-20-13-14-34-16-20/h7-11,18,20-22,24H,5-6,12-17H2,1-4H3,(H,28,32)/t18-,20-,21?,22-,24?,30?/m1/s1. The van der Waals surface area contributed by atoms with Crippen molar-refractivity contribution < 1.29 is 33.4 Å². The summed E-state index contributed by atoms with van der Waals surface area (Å²) in [7, 11) is 0. The number of rotatable bonds is 10. The van der Waals surface area contributed by atoms with Crippen molar-refractivity contribution in [3.63, 3.8) is 0 Å². The number of Topliss-reactive ketones (excluding diaryl/α,β-unsaturated/α-hetero) is 1. The van der Waals surface area contributed by atoms with Crippen molar-refractivity contribution in [2.45, 2.75) is 83.9 Å². The molecule has 0 aromatic heterocycles. The number of likely N-dealkylation sites (tertiary alicyclic amines) is 1. The molecule has 3 heterocycles. The fourth-order valence-electron chi connectivity index (χ4n) is 4.87. The first kappa shape index (κ1) is 27.3. The van der Waals surface area contributed by atoms with E-state index in [0.717, 1.165) is 18.4 Å². The average Bonchev–Trinajstić information content (AvgIpc) is 3.40. The van der Waals surface area contributed by atoms with E-state index in [1.807, 2.05) is 58.0 Å². The molecule has 0 bridgehead atoms. The predicted octanol–water partition coefficient (Wildman–Crippen LogP) is 3.81. The van der Waals surface area contributed by atoms with Crippen molar-refractivity contribution in [3.05, 3.63) is 35.9 Å². The summed E-state index contributed by atoms with van der Waals surface area (Å²) in [6.07, 6.45) is 0.265. The van der Waals surface area contributed by atoms with E-state index < -0.39 is 36.0 Å². The highest BCUT2D eigenvalue weighted by molar-refractivity contribution is 5.91. The Balaban J connectivity index is 1.32. The minimum Gasteiger partial charge on any atom is -0.444 e. The highest BCUT2D eigenvalue weighted by atomic mass is 16.8. The van der Waals surface area contributed by atoms with Gasteiger partial charge >= 0.3 is 12.2 Å². The van der Waals surface area contributed by atoms with Crippen LogP contribution in [0.1, 0.15) is 65.0 Å². The summed E-state index contributed by atoms with van der Waals surface area (Å²) in [6, 6.07) is 9.00. The monoisotopic (exact) mass is 517 g/mol. The Kier molecular flexibility index (Phi) is 8.71. The number of hydrogen-bond donors (Lipinski definition) is 1. The van der Waals surface area contributed by atoms with E-state index in [0.29, 0.717) is 32.6 Å². The van der Waals surface area contributed by atoms with Crippen LogP contribution in [0.5, 0.6) is 0 Å². The van der Waals surface area contributed by atoms with E-state index in [2.05, 4.69) is 5.32 Å². The third-order valence-corrected chi connectivity index (χ3v) is 7.32. The van der Waals surface area contributed by atoms with Crippen LogP contribution in [-0.4, -0.2) is 78.7 Å². The molecule has 10 heteroatoms. The summed E-state index contributed by atoms with van der Waals surface area (Å²) in [5, 5.41) is 4.43. The van der Waals surface area contributed by atoms with E-state index in [4.69, 9.17) is 19.0 Å². The van der Waals surface area contributed by atoms with Gasteiger partial charge in [0, 0.05) is 18.4 Å². The molecule has 0 aliphatic carbocycles. The Morgan fingerprint density at radius 3 is 2.62 bits per heavy atom. The lowest BCUT2D eigenvalue weighted by molar-refractivity contribution is -0.122. The first-order valence-electron chi connectivity index (χ1n) is 13.2. The van der Waals surface area contributed by atoms with Crippen LogP contribution >= 0.6 is 0 Å². The zero-order valence-electron chi connectivity index (χ0n) is 22.2. The van der Waals surface area contributed by atoms with Gasteiger partial charge in [0.15, 0.2) is 0 Å². The third-order valence-electron chi connectivity index (χ3n) is 7.32. The molecule has 0 radical (unpaired) electrons. The van der Waals surface area contributed by atoms with Gasteiger partial charge in [-0.15, -0.1) is 5.06 Å². The molecule has 1 aromatic carbocycles. The smallest absolute Gasteiger partial charge is 0.410 e. The Hall–Kier alpha value is -2.69. The van der Waals surface area contributed by atoms with Gasteiger partial charge < -0.3 is 24.4 Å². The first-order valence-corrected chi connectivity index (χ1v) is 13.2. The summed E-state index contributed by atoms with van der Waals surface area (Å²) in [5.74, 6) is -0.192. The quantitative estimate of drug-likeness (QED) is 0.467. The highest BCUT2D eigenvalue weighted by Crippen LogP contribution is 2.35. The number of hydrogen-bond acceptors (Lipinski definition) is 8. The number of nitrogens with zero attached hydrogens (tertiary/aromatic N) is 2. The second-order valence-electron chi connectivity index (χ2n) is 10.8. The van der Waals surface area contributed by atoms with Gasteiger partial charge in [-0.05, 0) is 18.9 Å². The topological polar surface area (TPSA) is 110 Å². The second-order valence-corrected chi connectivity index (χ2v) is 10.8. The number of ether oxygens (including phenoxy) is 3. The third kappa shape index (κ3) is 6.80. The molecular formula is C27H39N3O7. The van der Waals surface area contributed by atoms with Gasteiger partial charge in [0.1, 0.15) is 12.2 Å². The van der Waals surface area contributed by atoms with Crippen molar-refractivity contribution in [2.75, 3.05) is 26.3 Å². The number of hydroxylamine groups is 2. The molecule has 3 aliphatic heterocycles. The zero-order chi connectivity index (χ0) is 26.6. The van der Waals surface area contributed by atoms with Crippen molar-refractivity contribution in [2.24, 2.45) is 5.41 Å². The number of alkyl carbamates (subject to hydrolysis) is 1. The van der Waals surface area contributed by atoms with Crippen molar-refractivity contribution in [3.8, 4) is 0 Å². The van der Waals surface area contributed by atoms with Crippen molar-refractivity contribution in [1.29, 1.82) is 0 Å². The van der Waals surface area contributed by atoms with Gasteiger partial charge in [0.25, 0.3) is 0 Å². The van der Waals surface area contributed by atoms with Crippen molar-refractivity contribution >= 4 is 18.0 Å². The largest absolute Gasteiger partial charge is 0.444 e. The van der Waals surface area contributed by atoms with E-state index in [9.17, 15) is 14.4 Å². The van der Waals surface area contributed by atoms with Gasteiger partial charge in [0.05, 0.1) is 31.8 Å². The normalized spacial score (nSPS) is 27.8. The lowest BCUT2D eigenvalue weighted by Gasteiger charge is -2.26. The van der Waals surface area contributed by atoms with Crippen LogP contribution in [0, 0.1) is 5.41 Å². The number of benzene rings is 1. The maximum atomic E-state index is 13.2. The molecule has 3 unspecified atom stereocenters. The molecule has 6 atom stereocenters. The minimum absolute atomic E-state index is 0.0882. The molecule has 2 amide bonds. The van der Waals surface area contributed by atoms with Crippen molar-refractivity contribution in [1.82, 2.24) is 15.3 Å². The van der Waals surface area contributed by atoms with E-state index >= 15 is 0 Å². The van der Waals surface area contributed by atoms with Gasteiger partial charge in [-0.1, -0.05) is 63.9 Å². The maximum absolute atomic E-state index is 13.2. The number of carbonyl (C=O) groups excluding carboxylic acids is 3. The summed E-state index contributed by atoms with van der Waals surface area (Å²) < 4.78 is 16.5. The maximum Gasteiger partial charge on any atom is 0.410 e. The molecule has 0 spiro atoms. The Bertz CT molecular complexity index is 951. The Morgan fingerprint density at radius 1 is 1.19 bits per heavy atom. The molecule has 3 saturated heterocycles. The molecule has 3 aliphatic rings. The molecule has 204 valence electrons. The highest BCUT2D eigenvalue weighted by Gasteiger charge is 2.49. The molecule has 37 heavy (non-hydrogen) atoms. The predicted molar refractivity (Wildman–Crippen MR) is 134 cm³/mol. The van der Waals surface area contributed by atoms with E-state index in [1.165, 1.54) is 0 Å². The van der Waals surface area contributed by atoms with Gasteiger partial charge in [-0.25, -0.2) is 9.59 Å². The van der Waals surface area contributed by atoms with E-state index in [-0.39, 0.29) is 24.5 Å².